The molecule has 6 nitrogen and oxygen atoms in total. The third-order valence-corrected chi connectivity index (χ3v) is 4.47. The maximum absolute atomic E-state index is 12.3. The molecule has 2 aliphatic rings. The quantitative estimate of drug-likeness (QED) is 0.895. The van der Waals surface area contributed by atoms with E-state index in [4.69, 9.17) is 4.74 Å². The Bertz CT molecular complexity index is 523. The average molecular weight is 304 g/mol. The van der Waals surface area contributed by atoms with Gasteiger partial charge in [-0.2, -0.15) is 0 Å². The van der Waals surface area contributed by atoms with Crippen molar-refractivity contribution in [3.63, 3.8) is 0 Å². The molecule has 2 N–H and O–H groups in total. The van der Waals surface area contributed by atoms with Crippen molar-refractivity contribution in [2.45, 2.75) is 44.7 Å². The number of fused-ring (bicyclic) bond motifs is 1. The van der Waals surface area contributed by atoms with Gasteiger partial charge in [0.2, 0.25) is 5.88 Å². The number of amides is 2. The molecule has 1 aromatic heterocycles. The van der Waals surface area contributed by atoms with Gasteiger partial charge in [0.25, 0.3) is 0 Å². The first kappa shape index (κ1) is 15.1. The number of hydrogen-bond acceptors (Lipinski definition) is 4. The number of nitrogens with zero attached hydrogens (tertiary/aromatic N) is 2. The van der Waals surface area contributed by atoms with E-state index in [1.54, 1.807) is 18.3 Å². The molecule has 2 atom stereocenters. The minimum absolute atomic E-state index is 0.175. The van der Waals surface area contributed by atoms with Crippen LogP contribution in [0.15, 0.2) is 18.3 Å². The predicted molar refractivity (Wildman–Crippen MR) is 85.2 cm³/mol. The summed E-state index contributed by atoms with van der Waals surface area (Å²) in [5.74, 6) is 0.464. The fourth-order valence-corrected chi connectivity index (χ4v) is 3.48. The van der Waals surface area contributed by atoms with Crippen LogP contribution in [-0.2, 0) is 0 Å². The first-order chi connectivity index (χ1) is 10.8. The normalized spacial score (nSPS) is 24.6. The van der Waals surface area contributed by atoms with Gasteiger partial charge < -0.3 is 15.4 Å². The van der Waals surface area contributed by atoms with E-state index in [1.165, 1.54) is 25.8 Å². The molecular formula is C16H24N4O2. The number of aromatic nitrogens is 1. The molecule has 2 aliphatic heterocycles. The summed E-state index contributed by atoms with van der Waals surface area (Å²) in [5, 5.41) is 5.98. The number of ether oxygens (including phenoxy) is 1. The molecule has 1 aromatic rings. The van der Waals surface area contributed by atoms with Crippen LogP contribution in [0.2, 0.25) is 0 Å². The number of anilines is 1. The molecule has 0 spiro atoms. The number of piperidine rings is 1. The molecule has 3 heterocycles. The van der Waals surface area contributed by atoms with E-state index < -0.39 is 0 Å². The molecule has 2 unspecified atom stereocenters. The summed E-state index contributed by atoms with van der Waals surface area (Å²) in [6.07, 6.45) is 6.41. The summed E-state index contributed by atoms with van der Waals surface area (Å²) in [6.45, 7) is 4.68. The van der Waals surface area contributed by atoms with Crippen LogP contribution in [0.1, 0.15) is 32.6 Å². The van der Waals surface area contributed by atoms with E-state index in [9.17, 15) is 4.79 Å². The summed E-state index contributed by atoms with van der Waals surface area (Å²) in [4.78, 5) is 18.9. The lowest BCUT2D eigenvalue weighted by Crippen LogP contribution is -2.48. The summed E-state index contributed by atoms with van der Waals surface area (Å²) in [6, 6.07) is 4.16. The number of carbonyl (C=O) groups is 1. The Balaban J connectivity index is 1.59. The van der Waals surface area contributed by atoms with Gasteiger partial charge in [0.05, 0.1) is 6.61 Å². The van der Waals surface area contributed by atoms with Crippen LogP contribution >= 0.6 is 0 Å². The maximum atomic E-state index is 12.3. The SMILES string of the molecule is CCOc1ncccc1NC(=O)NC1CCN2CCCCC12. The van der Waals surface area contributed by atoms with Crippen LogP contribution in [0, 0.1) is 0 Å². The lowest BCUT2D eigenvalue weighted by molar-refractivity contribution is 0.180. The van der Waals surface area contributed by atoms with Crippen LogP contribution < -0.4 is 15.4 Å². The van der Waals surface area contributed by atoms with Gasteiger partial charge in [0.15, 0.2) is 0 Å². The van der Waals surface area contributed by atoms with E-state index in [1.807, 2.05) is 6.92 Å². The van der Waals surface area contributed by atoms with Crippen molar-refractivity contribution in [3.05, 3.63) is 18.3 Å². The molecule has 0 saturated carbocycles. The Kier molecular flexibility index (Phi) is 4.77. The maximum Gasteiger partial charge on any atom is 0.319 e. The molecule has 2 fully saturated rings. The van der Waals surface area contributed by atoms with Crippen LogP contribution in [0.4, 0.5) is 10.5 Å². The number of hydrogen-bond donors (Lipinski definition) is 2. The number of nitrogens with one attached hydrogen (secondary N) is 2. The summed E-state index contributed by atoms with van der Waals surface area (Å²) in [7, 11) is 0. The lowest BCUT2D eigenvalue weighted by atomic mass is 9.99. The zero-order valence-electron chi connectivity index (χ0n) is 13.0. The zero-order chi connectivity index (χ0) is 15.4. The van der Waals surface area contributed by atoms with Gasteiger partial charge in [-0.25, -0.2) is 9.78 Å². The first-order valence-electron chi connectivity index (χ1n) is 8.17. The summed E-state index contributed by atoms with van der Waals surface area (Å²) in [5.41, 5.74) is 0.611. The largest absolute Gasteiger partial charge is 0.476 e. The number of urea groups is 1. The second-order valence-electron chi connectivity index (χ2n) is 5.88. The van der Waals surface area contributed by atoms with E-state index in [0.29, 0.717) is 24.2 Å². The van der Waals surface area contributed by atoms with Gasteiger partial charge in [0, 0.05) is 24.8 Å². The second-order valence-corrected chi connectivity index (χ2v) is 5.88. The van der Waals surface area contributed by atoms with Gasteiger partial charge in [0.1, 0.15) is 5.69 Å². The van der Waals surface area contributed by atoms with Crippen molar-refractivity contribution in [1.29, 1.82) is 0 Å². The molecular weight excluding hydrogens is 280 g/mol. The van der Waals surface area contributed by atoms with Crippen LogP contribution in [0.5, 0.6) is 5.88 Å². The van der Waals surface area contributed by atoms with Crippen LogP contribution in [0.25, 0.3) is 0 Å². The van der Waals surface area contributed by atoms with E-state index in [0.717, 1.165) is 13.0 Å². The molecule has 2 amide bonds. The Labute approximate surface area is 131 Å². The van der Waals surface area contributed by atoms with Gasteiger partial charge in [-0.1, -0.05) is 6.42 Å². The molecule has 3 rings (SSSR count). The fourth-order valence-electron chi connectivity index (χ4n) is 3.48. The first-order valence-corrected chi connectivity index (χ1v) is 8.17. The molecule has 6 heteroatoms. The van der Waals surface area contributed by atoms with Gasteiger partial charge in [-0.05, 0) is 44.9 Å². The Morgan fingerprint density at radius 1 is 1.41 bits per heavy atom. The highest BCUT2D eigenvalue weighted by molar-refractivity contribution is 5.90. The smallest absolute Gasteiger partial charge is 0.319 e. The predicted octanol–water partition coefficient (Wildman–Crippen LogP) is 2.23. The highest BCUT2D eigenvalue weighted by Gasteiger charge is 2.36. The molecule has 0 aliphatic carbocycles. The van der Waals surface area contributed by atoms with Crippen LogP contribution in [-0.4, -0.2) is 47.7 Å². The zero-order valence-corrected chi connectivity index (χ0v) is 13.0. The minimum Gasteiger partial charge on any atom is -0.476 e. The van der Waals surface area contributed by atoms with E-state index >= 15 is 0 Å². The third-order valence-electron chi connectivity index (χ3n) is 4.47. The number of carbonyl (C=O) groups excluding carboxylic acids is 1. The van der Waals surface area contributed by atoms with Crippen LogP contribution in [0.3, 0.4) is 0 Å². The molecule has 0 bridgehead atoms. The second kappa shape index (κ2) is 6.96. The summed E-state index contributed by atoms with van der Waals surface area (Å²) >= 11 is 0. The summed E-state index contributed by atoms with van der Waals surface area (Å²) < 4.78 is 5.43. The lowest BCUT2D eigenvalue weighted by Gasteiger charge is -2.32. The van der Waals surface area contributed by atoms with Crippen molar-refractivity contribution >= 4 is 11.7 Å². The van der Waals surface area contributed by atoms with Crippen molar-refractivity contribution in [1.82, 2.24) is 15.2 Å². The van der Waals surface area contributed by atoms with E-state index in [-0.39, 0.29) is 12.1 Å². The number of rotatable bonds is 4. The van der Waals surface area contributed by atoms with Gasteiger partial charge in [-0.15, -0.1) is 0 Å². The number of pyridine rings is 1. The Hall–Kier alpha value is -1.82. The highest BCUT2D eigenvalue weighted by Crippen LogP contribution is 2.27. The molecule has 2 saturated heterocycles. The standard InChI is InChI=1S/C16H24N4O2/c1-2-22-15-13(6-5-9-17-15)19-16(21)18-12-8-11-20-10-4-3-7-14(12)20/h5-6,9,12,14H,2-4,7-8,10-11H2,1H3,(H2,18,19,21). The monoisotopic (exact) mass is 304 g/mol. The fraction of sp³-hybridized carbons (Fsp3) is 0.625. The Morgan fingerprint density at radius 2 is 2.32 bits per heavy atom. The van der Waals surface area contributed by atoms with Gasteiger partial charge >= 0.3 is 6.03 Å². The molecule has 0 radical (unpaired) electrons. The molecule has 22 heavy (non-hydrogen) atoms. The Morgan fingerprint density at radius 3 is 3.18 bits per heavy atom. The van der Waals surface area contributed by atoms with Crippen molar-refractivity contribution in [2.24, 2.45) is 0 Å². The van der Waals surface area contributed by atoms with Crippen molar-refractivity contribution < 1.29 is 9.53 Å². The minimum atomic E-state index is -0.175. The van der Waals surface area contributed by atoms with Crippen molar-refractivity contribution in [3.8, 4) is 5.88 Å². The molecule has 0 aromatic carbocycles. The third kappa shape index (κ3) is 3.32. The van der Waals surface area contributed by atoms with E-state index in [2.05, 4.69) is 20.5 Å². The topological polar surface area (TPSA) is 66.5 Å². The van der Waals surface area contributed by atoms with Crippen molar-refractivity contribution in [2.75, 3.05) is 25.0 Å². The highest BCUT2D eigenvalue weighted by atomic mass is 16.5. The molecule has 120 valence electrons. The van der Waals surface area contributed by atoms with Gasteiger partial charge in [-0.3, -0.25) is 4.90 Å². The average Bonchev–Trinajstić information content (AvgIpc) is 2.93.